The molecule has 1 heterocycles. The van der Waals surface area contributed by atoms with E-state index in [0.717, 1.165) is 32.1 Å². The van der Waals surface area contributed by atoms with Crippen LogP contribution in [0.1, 0.15) is 44.7 Å². The molecule has 0 spiro atoms. The number of aromatic amines is 2. The Hall–Kier alpha value is -1.72. The molecule has 2 rings (SSSR count). The van der Waals surface area contributed by atoms with Gasteiger partial charge in [-0.1, -0.05) is 26.2 Å². The van der Waals surface area contributed by atoms with Crippen LogP contribution in [0.3, 0.4) is 0 Å². The van der Waals surface area contributed by atoms with Gasteiger partial charge in [0.1, 0.15) is 0 Å². The molecule has 1 saturated carbocycles. The van der Waals surface area contributed by atoms with E-state index in [4.69, 9.17) is 0 Å². The average molecular weight is 237 g/mol. The van der Waals surface area contributed by atoms with Crippen molar-refractivity contribution < 1.29 is 0 Å². The summed E-state index contributed by atoms with van der Waals surface area (Å²) in [6, 6.07) is 0. The quantitative estimate of drug-likeness (QED) is 0.766. The summed E-state index contributed by atoms with van der Waals surface area (Å²) in [7, 11) is 0. The lowest BCUT2D eigenvalue weighted by Gasteiger charge is -2.33. The van der Waals surface area contributed by atoms with Crippen molar-refractivity contribution in [2.24, 2.45) is 5.18 Å². The maximum absolute atomic E-state index is 11.5. The van der Waals surface area contributed by atoms with Crippen LogP contribution in [0.5, 0.6) is 0 Å². The topological polar surface area (TPSA) is 95.2 Å². The SMILES string of the molecule is CC1(c2[nH]c(=O)[nH]c(=O)c2N=O)CCCCC1. The van der Waals surface area contributed by atoms with Gasteiger partial charge >= 0.3 is 5.69 Å². The third-order valence-electron chi connectivity index (χ3n) is 3.57. The molecular weight excluding hydrogens is 222 g/mol. The summed E-state index contributed by atoms with van der Waals surface area (Å²) in [5.74, 6) is 0. The molecule has 0 bridgehead atoms. The van der Waals surface area contributed by atoms with Crippen LogP contribution in [-0.4, -0.2) is 9.97 Å². The highest BCUT2D eigenvalue weighted by atomic mass is 16.3. The van der Waals surface area contributed by atoms with Crippen LogP contribution in [0.25, 0.3) is 0 Å². The van der Waals surface area contributed by atoms with Gasteiger partial charge in [-0.2, -0.15) is 0 Å². The summed E-state index contributed by atoms with van der Waals surface area (Å²) in [4.78, 5) is 38.2. The lowest BCUT2D eigenvalue weighted by Crippen LogP contribution is -2.33. The van der Waals surface area contributed by atoms with Crippen molar-refractivity contribution in [2.75, 3.05) is 0 Å². The zero-order valence-corrected chi connectivity index (χ0v) is 9.71. The Kier molecular flexibility index (Phi) is 2.95. The molecule has 0 aliphatic heterocycles. The summed E-state index contributed by atoms with van der Waals surface area (Å²) in [6.45, 7) is 1.96. The molecule has 0 aromatic carbocycles. The van der Waals surface area contributed by atoms with Crippen molar-refractivity contribution >= 4 is 5.69 Å². The van der Waals surface area contributed by atoms with E-state index in [9.17, 15) is 14.5 Å². The van der Waals surface area contributed by atoms with Crippen molar-refractivity contribution in [1.82, 2.24) is 9.97 Å². The fourth-order valence-electron chi connectivity index (χ4n) is 2.59. The van der Waals surface area contributed by atoms with Crippen molar-refractivity contribution in [3.63, 3.8) is 0 Å². The van der Waals surface area contributed by atoms with Crippen molar-refractivity contribution in [2.45, 2.75) is 44.4 Å². The van der Waals surface area contributed by atoms with E-state index in [1.54, 1.807) is 0 Å². The van der Waals surface area contributed by atoms with Gasteiger partial charge in [0.05, 0.1) is 5.69 Å². The fourth-order valence-corrected chi connectivity index (χ4v) is 2.59. The molecule has 0 radical (unpaired) electrons. The van der Waals surface area contributed by atoms with E-state index < -0.39 is 11.2 Å². The first-order valence-corrected chi connectivity index (χ1v) is 5.77. The molecule has 1 aliphatic rings. The molecule has 0 atom stereocenters. The zero-order valence-electron chi connectivity index (χ0n) is 9.71. The Morgan fingerprint density at radius 1 is 1.12 bits per heavy atom. The number of rotatable bonds is 2. The van der Waals surface area contributed by atoms with Crippen LogP contribution < -0.4 is 11.2 Å². The predicted molar refractivity (Wildman–Crippen MR) is 63.6 cm³/mol. The molecule has 1 aliphatic carbocycles. The molecular formula is C11H15N3O3. The minimum atomic E-state index is -0.703. The van der Waals surface area contributed by atoms with E-state index in [1.807, 2.05) is 11.9 Å². The highest BCUT2D eigenvalue weighted by molar-refractivity contribution is 5.43. The van der Waals surface area contributed by atoms with Gasteiger partial charge in [-0.15, -0.1) is 4.91 Å². The van der Waals surface area contributed by atoms with E-state index in [-0.39, 0.29) is 11.1 Å². The van der Waals surface area contributed by atoms with E-state index in [0.29, 0.717) is 5.69 Å². The summed E-state index contributed by atoms with van der Waals surface area (Å²) < 4.78 is 0. The van der Waals surface area contributed by atoms with Crippen LogP contribution >= 0.6 is 0 Å². The van der Waals surface area contributed by atoms with E-state index >= 15 is 0 Å². The van der Waals surface area contributed by atoms with Gasteiger partial charge in [0, 0.05) is 5.41 Å². The standard InChI is InChI=1S/C11H15N3O3/c1-11(5-3-2-4-6-11)8-7(14-17)9(15)13-10(16)12-8/h2-6H2,1H3,(H2,12,13,15,16). The Bertz CT molecular complexity index is 538. The van der Waals surface area contributed by atoms with Gasteiger partial charge in [0.2, 0.25) is 0 Å². The Morgan fingerprint density at radius 2 is 1.76 bits per heavy atom. The molecule has 1 aromatic heterocycles. The first-order valence-electron chi connectivity index (χ1n) is 5.77. The maximum atomic E-state index is 11.5. The number of nitrogens with one attached hydrogen (secondary N) is 2. The predicted octanol–water partition coefficient (Wildman–Crippen LogP) is 1.68. The number of nitroso groups, excluding NO2 is 1. The molecule has 0 amide bonds. The van der Waals surface area contributed by atoms with Gasteiger partial charge < -0.3 is 4.98 Å². The van der Waals surface area contributed by atoms with Crippen molar-refractivity contribution in [3.05, 3.63) is 31.4 Å². The lowest BCUT2D eigenvalue weighted by atomic mass is 9.73. The minimum Gasteiger partial charge on any atom is -0.308 e. The number of hydrogen-bond donors (Lipinski definition) is 2. The summed E-state index contributed by atoms with van der Waals surface area (Å²) >= 11 is 0. The molecule has 92 valence electrons. The van der Waals surface area contributed by atoms with Crippen LogP contribution in [0, 0.1) is 4.91 Å². The first-order chi connectivity index (χ1) is 8.07. The third kappa shape index (κ3) is 2.07. The average Bonchev–Trinajstić information content (AvgIpc) is 2.29. The second-order valence-corrected chi connectivity index (χ2v) is 4.84. The molecule has 1 fully saturated rings. The zero-order chi connectivity index (χ0) is 12.5. The van der Waals surface area contributed by atoms with Gasteiger partial charge in [-0.05, 0) is 18.0 Å². The molecule has 1 aromatic rings. The Labute approximate surface area is 97.4 Å². The first kappa shape index (κ1) is 11.8. The number of nitrogens with zero attached hydrogens (tertiary/aromatic N) is 1. The normalized spacial score (nSPS) is 18.9. The van der Waals surface area contributed by atoms with Crippen LogP contribution in [0.4, 0.5) is 5.69 Å². The monoisotopic (exact) mass is 237 g/mol. The largest absolute Gasteiger partial charge is 0.326 e. The lowest BCUT2D eigenvalue weighted by molar-refractivity contribution is 0.311. The highest BCUT2D eigenvalue weighted by Gasteiger charge is 2.33. The third-order valence-corrected chi connectivity index (χ3v) is 3.57. The Morgan fingerprint density at radius 3 is 2.35 bits per heavy atom. The molecule has 17 heavy (non-hydrogen) atoms. The minimum absolute atomic E-state index is 0.186. The van der Waals surface area contributed by atoms with Gasteiger partial charge in [0.15, 0.2) is 5.69 Å². The number of H-pyrrole nitrogens is 2. The fraction of sp³-hybridized carbons (Fsp3) is 0.636. The second-order valence-electron chi connectivity index (χ2n) is 4.84. The van der Waals surface area contributed by atoms with Crippen molar-refractivity contribution in [3.8, 4) is 0 Å². The Balaban J connectivity index is 2.61. The van der Waals surface area contributed by atoms with Crippen LogP contribution in [0.15, 0.2) is 14.8 Å². The molecule has 6 heteroatoms. The van der Waals surface area contributed by atoms with E-state index in [1.165, 1.54) is 0 Å². The van der Waals surface area contributed by atoms with Crippen LogP contribution in [0.2, 0.25) is 0 Å². The smallest absolute Gasteiger partial charge is 0.308 e. The van der Waals surface area contributed by atoms with Gasteiger partial charge in [0.25, 0.3) is 5.56 Å². The highest BCUT2D eigenvalue weighted by Crippen LogP contribution is 2.40. The summed E-state index contributed by atoms with van der Waals surface area (Å²) in [5, 5.41) is 2.77. The molecule has 2 N–H and O–H groups in total. The van der Waals surface area contributed by atoms with Gasteiger partial charge in [-0.25, -0.2) is 4.79 Å². The summed E-state index contributed by atoms with van der Waals surface area (Å²) in [6.07, 6.45) is 4.92. The maximum Gasteiger partial charge on any atom is 0.326 e. The number of aromatic nitrogens is 2. The second kappa shape index (κ2) is 4.27. The van der Waals surface area contributed by atoms with Crippen LogP contribution in [-0.2, 0) is 5.41 Å². The molecule has 6 nitrogen and oxygen atoms in total. The number of hydrogen-bond acceptors (Lipinski definition) is 4. The molecule has 0 unspecified atom stereocenters. The summed E-state index contributed by atoms with van der Waals surface area (Å²) in [5.41, 5.74) is -1.40. The molecule has 0 saturated heterocycles. The van der Waals surface area contributed by atoms with E-state index in [2.05, 4.69) is 10.2 Å². The van der Waals surface area contributed by atoms with Crippen molar-refractivity contribution in [1.29, 1.82) is 0 Å². The van der Waals surface area contributed by atoms with Gasteiger partial charge in [-0.3, -0.25) is 9.78 Å².